The number of ether oxygens (including phenoxy) is 1. The Labute approximate surface area is 121 Å². The van der Waals surface area contributed by atoms with Gasteiger partial charge in [-0.3, -0.25) is 0 Å². The van der Waals surface area contributed by atoms with Crippen molar-refractivity contribution in [2.24, 2.45) is 0 Å². The van der Waals surface area contributed by atoms with Gasteiger partial charge in [-0.15, -0.1) is 0 Å². The molecule has 7 nitrogen and oxygen atoms in total. The number of allylic oxidation sites excluding steroid dienone is 1. The van der Waals surface area contributed by atoms with Crippen LogP contribution in [0.2, 0.25) is 0 Å². The van der Waals surface area contributed by atoms with Crippen LogP contribution in [0.3, 0.4) is 0 Å². The van der Waals surface area contributed by atoms with Crippen LogP contribution in [0.15, 0.2) is 40.6 Å². The molecule has 2 aromatic heterocycles. The first kappa shape index (κ1) is 13.4. The summed E-state index contributed by atoms with van der Waals surface area (Å²) in [6.45, 7) is 5.46. The lowest BCUT2D eigenvalue weighted by atomic mass is 9.98. The van der Waals surface area contributed by atoms with Gasteiger partial charge in [-0.2, -0.15) is 10.1 Å². The number of rotatable bonds is 3. The number of anilines is 1. The van der Waals surface area contributed by atoms with Crippen molar-refractivity contribution in [2.45, 2.75) is 32.9 Å². The third-order valence-corrected chi connectivity index (χ3v) is 3.22. The number of furan rings is 1. The van der Waals surface area contributed by atoms with Gasteiger partial charge in [0.15, 0.2) is 0 Å². The van der Waals surface area contributed by atoms with E-state index >= 15 is 0 Å². The minimum absolute atomic E-state index is 0.194. The zero-order chi connectivity index (χ0) is 15.0. The Hall–Kier alpha value is -2.57. The fourth-order valence-corrected chi connectivity index (χ4v) is 2.37. The molecule has 0 amide bonds. The van der Waals surface area contributed by atoms with Crippen LogP contribution in [-0.2, 0) is 9.53 Å². The van der Waals surface area contributed by atoms with Crippen LogP contribution in [0.5, 0.6) is 0 Å². The van der Waals surface area contributed by atoms with E-state index in [1.807, 2.05) is 20.8 Å². The first-order valence-corrected chi connectivity index (χ1v) is 6.68. The molecule has 110 valence electrons. The summed E-state index contributed by atoms with van der Waals surface area (Å²) < 4.78 is 12.1. The molecule has 0 spiro atoms. The monoisotopic (exact) mass is 288 g/mol. The van der Waals surface area contributed by atoms with Gasteiger partial charge in [0.25, 0.3) is 0 Å². The predicted octanol–water partition coefficient (Wildman–Crippen LogP) is 2.11. The number of carbonyl (C=O) groups is 1. The van der Waals surface area contributed by atoms with Crippen LogP contribution in [0.4, 0.5) is 5.95 Å². The van der Waals surface area contributed by atoms with E-state index in [-0.39, 0.29) is 12.1 Å². The summed E-state index contributed by atoms with van der Waals surface area (Å²) in [5, 5.41) is 7.27. The lowest BCUT2D eigenvalue weighted by Crippen LogP contribution is -2.30. The molecule has 1 N–H and O–H groups in total. The van der Waals surface area contributed by atoms with Crippen molar-refractivity contribution >= 4 is 11.9 Å². The molecule has 1 aliphatic heterocycles. The number of nitrogens with zero attached hydrogens (tertiary/aromatic N) is 3. The second-order valence-electron chi connectivity index (χ2n) is 5.11. The minimum Gasteiger partial charge on any atom is -0.472 e. The van der Waals surface area contributed by atoms with Crippen molar-refractivity contribution < 1.29 is 13.9 Å². The van der Waals surface area contributed by atoms with Gasteiger partial charge in [0, 0.05) is 11.3 Å². The smallest absolute Gasteiger partial charge is 0.338 e. The van der Waals surface area contributed by atoms with E-state index in [1.165, 1.54) is 6.33 Å². The highest BCUT2D eigenvalue weighted by atomic mass is 16.5. The summed E-state index contributed by atoms with van der Waals surface area (Å²) in [5.74, 6) is 0.210. The van der Waals surface area contributed by atoms with E-state index in [4.69, 9.17) is 9.15 Å². The molecule has 21 heavy (non-hydrogen) atoms. The first-order valence-electron chi connectivity index (χ1n) is 6.68. The number of esters is 1. The van der Waals surface area contributed by atoms with Crippen LogP contribution < -0.4 is 5.32 Å². The Morgan fingerprint density at radius 1 is 1.52 bits per heavy atom. The maximum atomic E-state index is 12.4. The summed E-state index contributed by atoms with van der Waals surface area (Å²) in [7, 11) is 0. The molecule has 0 aromatic carbocycles. The van der Waals surface area contributed by atoms with Crippen molar-refractivity contribution in [3.63, 3.8) is 0 Å². The molecule has 2 aromatic rings. The number of hydrogen-bond acceptors (Lipinski definition) is 6. The zero-order valence-corrected chi connectivity index (χ0v) is 12.0. The van der Waals surface area contributed by atoms with Crippen LogP contribution >= 0.6 is 0 Å². The minimum atomic E-state index is -0.409. The summed E-state index contributed by atoms with van der Waals surface area (Å²) in [6.07, 6.45) is 4.41. The van der Waals surface area contributed by atoms with E-state index in [0.29, 0.717) is 17.2 Å². The van der Waals surface area contributed by atoms with Crippen LogP contribution in [0.25, 0.3) is 0 Å². The maximum Gasteiger partial charge on any atom is 0.338 e. The molecule has 1 atom stereocenters. The average Bonchev–Trinajstić information content (AvgIpc) is 3.06. The predicted molar refractivity (Wildman–Crippen MR) is 74.4 cm³/mol. The van der Waals surface area contributed by atoms with E-state index in [2.05, 4.69) is 15.4 Å². The molecule has 3 heterocycles. The lowest BCUT2D eigenvalue weighted by molar-refractivity contribution is -0.143. The Morgan fingerprint density at radius 3 is 3.00 bits per heavy atom. The van der Waals surface area contributed by atoms with E-state index in [1.54, 1.807) is 23.3 Å². The standard InChI is InChI=1S/C14H16N4O3/c1-8(2)21-13(19)11-9(3)17-14-15-7-16-18(14)12(11)10-4-5-20-6-10/h4-8,12H,1-3H3,(H,15,16,17). The quantitative estimate of drug-likeness (QED) is 0.871. The number of aromatic nitrogens is 3. The molecule has 0 radical (unpaired) electrons. The van der Waals surface area contributed by atoms with Gasteiger partial charge in [0.2, 0.25) is 5.95 Å². The topological polar surface area (TPSA) is 82.2 Å². The molecule has 0 aliphatic carbocycles. The normalized spacial score (nSPS) is 17.6. The number of fused-ring (bicyclic) bond motifs is 1. The molecule has 7 heteroatoms. The first-order chi connectivity index (χ1) is 10.1. The molecule has 3 rings (SSSR count). The second kappa shape index (κ2) is 5.08. The van der Waals surface area contributed by atoms with Crippen molar-refractivity contribution in [3.05, 3.63) is 41.8 Å². The summed E-state index contributed by atoms with van der Waals surface area (Å²) in [6, 6.07) is 1.39. The Kier molecular flexibility index (Phi) is 3.25. The van der Waals surface area contributed by atoms with Crippen LogP contribution in [0, 0.1) is 0 Å². The fourth-order valence-electron chi connectivity index (χ4n) is 2.37. The van der Waals surface area contributed by atoms with Gasteiger partial charge >= 0.3 is 5.97 Å². The van der Waals surface area contributed by atoms with Gasteiger partial charge < -0.3 is 14.5 Å². The number of nitrogens with one attached hydrogen (secondary N) is 1. The van der Waals surface area contributed by atoms with Gasteiger partial charge in [-0.1, -0.05) is 0 Å². The summed E-state index contributed by atoms with van der Waals surface area (Å²) in [5.41, 5.74) is 2.02. The highest BCUT2D eigenvalue weighted by Gasteiger charge is 2.35. The van der Waals surface area contributed by atoms with E-state index in [0.717, 1.165) is 5.56 Å². The fraction of sp³-hybridized carbons (Fsp3) is 0.357. The van der Waals surface area contributed by atoms with E-state index < -0.39 is 6.04 Å². The van der Waals surface area contributed by atoms with Gasteiger partial charge in [-0.25, -0.2) is 9.48 Å². The third-order valence-electron chi connectivity index (χ3n) is 3.22. The van der Waals surface area contributed by atoms with Gasteiger partial charge in [0.1, 0.15) is 12.4 Å². The highest BCUT2D eigenvalue weighted by Crippen LogP contribution is 2.35. The van der Waals surface area contributed by atoms with Crippen LogP contribution in [-0.4, -0.2) is 26.8 Å². The SMILES string of the molecule is CC1=C(C(=O)OC(C)C)C(c2ccoc2)n2ncnc2N1. The van der Waals surface area contributed by atoms with Gasteiger partial charge in [0.05, 0.1) is 24.2 Å². The van der Waals surface area contributed by atoms with Crippen molar-refractivity contribution in [1.29, 1.82) is 0 Å². The Balaban J connectivity index is 2.08. The summed E-state index contributed by atoms with van der Waals surface area (Å²) in [4.78, 5) is 16.6. The third kappa shape index (κ3) is 2.31. The molecule has 0 saturated heterocycles. The zero-order valence-electron chi connectivity index (χ0n) is 12.0. The lowest BCUT2D eigenvalue weighted by Gasteiger charge is -2.27. The molecule has 0 saturated carbocycles. The largest absolute Gasteiger partial charge is 0.472 e. The molecule has 0 bridgehead atoms. The van der Waals surface area contributed by atoms with E-state index in [9.17, 15) is 4.79 Å². The average molecular weight is 288 g/mol. The molecule has 0 fully saturated rings. The second-order valence-corrected chi connectivity index (χ2v) is 5.11. The number of carbonyl (C=O) groups excluding carboxylic acids is 1. The van der Waals surface area contributed by atoms with Gasteiger partial charge in [-0.05, 0) is 26.8 Å². The Bertz CT molecular complexity index is 685. The molecular formula is C14H16N4O3. The highest BCUT2D eigenvalue weighted by molar-refractivity contribution is 5.92. The maximum absolute atomic E-state index is 12.4. The van der Waals surface area contributed by atoms with Crippen molar-refractivity contribution in [2.75, 3.05) is 5.32 Å². The molecular weight excluding hydrogens is 272 g/mol. The Morgan fingerprint density at radius 2 is 2.33 bits per heavy atom. The number of hydrogen-bond donors (Lipinski definition) is 1. The molecule has 1 unspecified atom stereocenters. The molecule has 1 aliphatic rings. The van der Waals surface area contributed by atoms with Crippen molar-refractivity contribution in [1.82, 2.24) is 14.8 Å². The summed E-state index contributed by atoms with van der Waals surface area (Å²) >= 11 is 0. The van der Waals surface area contributed by atoms with Crippen LogP contribution in [0.1, 0.15) is 32.4 Å². The van der Waals surface area contributed by atoms with Crippen molar-refractivity contribution in [3.8, 4) is 0 Å².